The minimum absolute atomic E-state index is 0.197. The molecular weight excluding hydrogens is 379 g/mol. The quantitative estimate of drug-likeness (QED) is 0.627. The monoisotopic (exact) mass is 392 g/mol. The van der Waals surface area contributed by atoms with Crippen molar-refractivity contribution in [1.29, 1.82) is 0 Å². The Hall–Kier alpha value is -2.57. The van der Waals surface area contributed by atoms with Crippen LogP contribution in [-0.2, 0) is 14.3 Å². The number of hydrogen-bond donors (Lipinski definition) is 0. The van der Waals surface area contributed by atoms with Crippen LogP contribution in [0.3, 0.4) is 0 Å². The van der Waals surface area contributed by atoms with Gasteiger partial charge in [0.1, 0.15) is 0 Å². The summed E-state index contributed by atoms with van der Waals surface area (Å²) in [7, 11) is 1.20. The molecule has 3 rings (SSSR count). The normalized spacial score (nSPS) is 12.0. The highest BCUT2D eigenvalue weighted by atomic mass is 35.5. The van der Waals surface area contributed by atoms with Crippen LogP contribution < -0.4 is 0 Å². The Bertz CT molecular complexity index is 1000. The molecule has 0 fully saturated rings. The van der Waals surface area contributed by atoms with Crippen LogP contribution in [0.15, 0.2) is 42.9 Å². The van der Waals surface area contributed by atoms with Crippen LogP contribution in [0.4, 0.5) is 0 Å². The number of carbonyl (C=O) groups excluding carboxylic acids is 2. The average Bonchev–Trinajstić information content (AvgIpc) is 3.09. The number of fused-ring (bicyclic) bond motifs is 1. The van der Waals surface area contributed by atoms with Crippen molar-refractivity contribution in [3.8, 4) is 0 Å². The van der Waals surface area contributed by atoms with Gasteiger partial charge in [-0.25, -0.2) is 14.6 Å². The summed E-state index contributed by atoms with van der Waals surface area (Å²) in [4.78, 5) is 28.9. The van der Waals surface area contributed by atoms with Gasteiger partial charge in [0, 0.05) is 21.3 Å². The molecule has 0 spiro atoms. The Kier molecular flexibility index (Phi) is 5.15. The SMILES string of the molecule is COC(=O)C(OC(=O)c1ccc2cncn2c1C)c1ccc(Cl)cc1Cl. The Morgan fingerprint density at radius 3 is 2.65 bits per heavy atom. The molecule has 0 amide bonds. The first-order chi connectivity index (χ1) is 12.4. The van der Waals surface area contributed by atoms with Crippen LogP contribution in [0.2, 0.25) is 10.0 Å². The van der Waals surface area contributed by atoms with Crippen molar-refractivity contribution in [3.63, 3.8) is 0 Å². The lowest BCUT2D eigenvalue weighted by Gasteiger charge is -2.18. The van der Waals surface area contributed by atoms with Gasteiger partial charge in [0.15, 0.2) is 0 Å². The molecule has 8 heteroatoms. The molecule has 0 saturated heterocycles. The number of benzene rings is 1. The van der Waals surface area contributed by atoms with E-state index in [-0.39, 0.29) is 10.6 Å². The second-order valence-corrected chi connectivity index (χ2v) is 6.34. The lowest BCUT2D eigenvalue weighted by atomic mass is 10.1. The van der Waals surface area contributed by atoms with Gasteiger partial charge in [0.25, 0.3) is 0 Å². The van der Waals surface area contributed by atoms with E-state index in [1.165, 1.54) is 19.2 Å². The van der Waals surface area contributed by atoms with Gasteiger partial charge in [0.05, 0.1) is 30.7 Å². The van der Waals surface area contributed by atoms with Crippen molar-refractivity contribution in [3.05, 3.63) is 69.7 Å². The maximum Gasteiger partial charge on any atom is 0.352 e. The molecule has 0 aliphatic carbocycles. The topological polar surface area (TPSA) is 69.9 Å². The van der Waals surface area contributed by atoms with E-state index in [2.05, 4.69) is 4.98 Å². The third kappa shape index (κ3) is 3.38. The predicted molar refractivity (Wildman–Crippen MR) is 96.6 cm³/mol. The van der Waals surface area contributed by atoms with E-state index in [4.69, 9.17) is 32.7 Å². The smallest absolute Gasteiger partial charge is 0.352 e. The third-order valence-corrected chi connectivity index (χ3v) is 4.51. The Morgan fingerprint density at radius 1 is 1.19 bits per heavy atom. The first kappa shape index (κ1) is 18.2. The Morgan fingerprint density at radius 2 is 1.96 bits per heavy atom. The van der Waals surface area contributed by atoms with Gasteiger partial charge in [-0.05, 0) is 31.2 Å². The molecule has 0 N–H and O–H groups in total. The molecule has 0 bridgehead atoms. The summed E-state index contributed by atoms with van der Waals surface area (Å²) in [5, 5.41) is 0.595. The van der Waals surface area contributed by atoms with Crippen molar-refractivity contribution >= 4 is 40.7 Å². The molecule has 26 heavy (non-hydrogen) atoms. The van der Waals surface area contributed by atoms with Crippen LogP contribution in [0.25, 0.3) is 5.52 Å². The number of halogens is 2. The Labute approximate surface area is 159 Å². The highest BCUT2D eigenvalue weighted by Crippen LogP contribution is 2.30. The summed E-state index contributed by atoms with van der Waals surface area (Å²) >= 11 is 12.0. The number of methoxy groups -OCH3 is 1. The number of imidazole rings is 1. The number of hydrogen-bond acceptors (Lipinski definition) is 5. The van der Waals surface area contributed by atoms with Crippen molar-refractivity contribution in [2.45, 2.75) is 13.0 Å². The van der Waals surface area contributed by atoms with Gasteiger partial charge in [0.2, 0.25) is 6.10 Å². The van der Waals surface area contributed by atoms with Gasteiger partial charge in [-0.3, -0.25) is 0 Å². The minimum atomic E-state index is -1.31. The number of nitrogens with zero attached hydrogens (tertiary/aromatic N) is 2. The van der Waals surface area contributed by atoms with E-state index in [0.29, 0.717) is 16.3 Å². The van der Waals surface area contributed by atoms with Gasteiger partial charge >= 0.3 is 11.9 Å². The third-order valence-electron chi connectivity index (χ3n) is 3.94. The van der Waals surface area contributed by atoms with Crippen molar-refractivity contribution < 1.29 is 19.1 Å². The second kappa shape index (κ2) is 7.35. The van der Waals surface area contributed by atoms with E-state index in [9.17, 15) is 9.59 Å². The summed E-state index contributed by atoms with van der Waals surface area (Å²) < 4.78 is 11.9. The average molecular weight is 393 g/mol. The Balaban J connectivity index is 1.96. The van der Waals surface area contributed by atoms with E-state index < -0.39 is 18.0 Å². The lowest BCUT2D eigenvalue weighted by Crippen LogP contribution is -2.22. The molecule has 6 nitrogen and oxygen atoms in total. The number of carbonyl (C=O) groups is 2. The number of pyridine rings is 1. The van der Waals surface area contributed by atoms with Crippen LogP contribution in [0, 0.1) is 6.92 Å². The molecule has 134 valence electrons. The first-order valence-electron chi connectivity index (χ1n) is 7.57. The van der Waals surface area contributed by atoms with Crippen LogP contribution in [0.1, 0.15) is 27.7 Å². The zero-order valence-electron chi connectivity index (χ0n) is 13.9. The summed E-state index contributed by atoms with van der Waals surface area (Å²) in [6.45, 7) is 1.76. The highest BCUT2D eigenvalue weighted by Gasteiger charge is 2.29. The van der Waals surface area contributed by atoms with Gasteiger partial charge < -0.3 is 13.9 Å². The fraction of sp³-hybridized carbons (Fsp3) is 0.167. The standard InChI is InChI=1S/C18H14Cl2N2O4/c1-10-13(6-4-12-8-21-9-22(10)12)17(23)26-16(18(24)25-2)14-5-3-11(19)7-15(14)20/h3-9,16H,1-2H3. The maximum atomic E-state index is 12.7. The summed E-state index contributed by atoms with van der Waals surface area (Å²) in [6, 6.07) is 7.89. The van der Waals surface area contributed by atoms with E-state index in [0.717, 1.165) is 5.52 Å². The zero-order valence-corrected chi connectivity index (χ0v) is 15.4. The lowest BCUT2D eigenvalue weighted by molar-refractivity contribution is -0.151. The fourth-order valence-corrected chi connectivity index (χ4v) is 3.08. The summed E-state index contributed by atoms with van der Waals surface area (Å²) in [6.07, 6.45) is 1.96. The van der Waals surface area contributed by atoms with E-state index in [1.54, 1.807) is 42.0 Å². The number of ether oxygens (including phenoxy) is 2. The van der Waals surface area contributed by atoms with Crippen LogP contribution >= 0.6 is 23.2 Å². The molecule has 0 aliphatic heterocycles. The van der Waals surface area contributed by atoms with Crippen LogP contribution in [0.5, 0.6) is 0 Å². The fourth-order valence-electron chi connectivity index (χ4n) is 2.57. The number of rotatable bonds is 4. The number of esters is 2. The maximum absolute atomic E-state index is 12.7. The van der Waals surface area contributed by atoms with Crippen LogP contribution in [-0.4, -0.2) is 28.4 Å². The molecule has 2 heterocycles. The van der Waals surface area contributed by atoms with E-state index in [1.807, 2.05) is 0 Å². The molecule has 1 aromatic carbocycles. The second-order valence-electron chi connectivity index (χ2n) is 5.50. The van der Waals surface area contributed by atoms with Crippen molar-refractivity contribution in [1.82, 2.24) is 9.38 Å². The largest absolute Gasteiger partial charge is 0.466 e. The molecule has 1 unspecified atom stereocenters. The van der Waals surface area contributed by atoms with Gasteiger partial charge in [-0.15, -0.1) is 0 Å². The molecule has 0 aliphatic rings. The first-order valence-corrected chi connectivity index (χ1v) is 8.33. The highest BCUT2D eigenvalue weighted by molar-refractivity contribution is 6.35. The molecule has 3 aromatic rings. The van der Waals surface area contributed by atoms with Gasteiger partial charge in [-0.1, -0.05) is 29.3 Å². The van der Waals surface area contributed by atoms with Crippen molar-refractivity contribution in [2.24, 2.45) is 0 Å². The minimum Gasteiger partial charge on any atom is -0.466 e. The van der Waals surface area contributed by atoms with Crippen molar-refractivity contribution in [2.75, 3.05) is 7.11 Å². The predicted octanol–water partition coefficient (Wildman–Crippen LogP) is 4.02. The zero-order chi connectivity index (χ0) is 18.8. The number of aromatic nitrogens is 2. The molecule has 1 atom stereocenters. The molecule has 0 saturated carbocycles. The number of aryl methyl sites for hydroxylation is 1. The van der Waals surface area contributed by atoms with E-state index >= 15 is 0 Å². The molecule has 2 aromatic heterocycles. The molecule has 0 radical (unpaired) electrons. The summed E-state index contributed by atoms with van der Waals surface area (Å²) in [5.41, 5.74) is 2.06. The summed E-state index contributed by atoms with van der Waals surface area (Å²) in [5.74, 6) is -1.43. The van der Waals surface area contributed by atoms with Gasteiger partial charge in [-0.2, -0.15) is 0 Å². The molecular formula is C18H14Cl2N2O4.